The third-order valence-corrected chi connectivity index (χ3v) is 1.83. The van der Waals surface area contributed by atoms with E-state index < -0.39 is 29.5 Å². The smallest absolute Gasteiger partial charge is 0.207 e. The van der Waals surface area contributed by atoms with Crippen molar-refractivity contribution in [3.8, 4) is 0 Å². The summed E-state index contributed by atoms with van der Waals surface area (Å²) < 4.78 is 49.7. The Bertz CT molecular complexity index is 311. The summed E-state index contributed by atoms with van der Waals surface area (Å²) in [6.07, 6.45) is -2.92. The summed E-state index contributed by atoms with van der Waals surface area (Å²) in [5.74, 6) is -2.46. The van der Waals surface area contributed by atoms with Gasteiger partial charge in [-0.05, 0) is 6.07 Å². The normalized spacial score (nSPS) is 10.9. The molecular formula is C8H5ClF4. The number of halogens is 5. The summed E-state index contributed by atoms with van der Waals surface area (Å²) >= 11 is 5.24. The van der Waals surface area contributed by atoms with Gasteiger partial charge in [-0.15, -0.1) is 11.6 Å². The second-order valence-electron chi connectivity index (χ2n) is 2.39. The third kappa shape index (κ3) is 2.12. The van der Waals surface area contributed by atoms with Gasteiger partial charge in [0, 0.05) is 17.2 Å². The topological polar surface area (TPSA) is 0 Å². The Morgan fingerprint density at radius 1 is 1.23 bits per heavy atom. The van der Waals surface area contributed by atoms with Crippen LogP contribution in [-0.2, 0) is 5.88 Å². The summed E-state index contributed by atoms with van der Waals surface area (Å²) in [6, 6.07) is 1.12. The molecule has 0 amide bonds. The highest BCUT2D eigenvalue weighted by molar-refractivity contribution is 6.17. The number of hydrogen-bond acceptors (Lipinski definition) is 0. The second-order valence-corrected chi connectivity index (χ2v) is 2.66. The minimum absolute atomic E-state index is 0.349. The van der Waals surface area contributed by atoms with Gasteiger partial charge in [0.05, 0.1) is 5.88 Å². The third-order valence-electron chi connectivity index (χ3n) is 1.56. The van der Waals surface area contributed by atoms with E-state index in [4.69, 9.17) is 11.6 Å². The molecule has 0 unspecified atom stereocenters. The lowest BCUT2D eigenvalue weighted by atomic mass is 10.1. The van der Waals surface area contributed by atoms with E-state index >= 15 is 0 Å². The number of benzene rings is 1. The van der Waals surface area contributed by atoms with Crippen molar-refractivity contribution in [3.05, 3.63) is 34.9 Å². The molecule has 0 nitrogen and oxygen atoms in total. The minimum Gasteiger partial charge on any atom is -0.207 e. The Kier molecular flexibility index (Phi) is 3.14. The molecule has 5 heteroatoms. The Hall–Kier alpha value is -0.770. The molecule has 0 N–H and O–H groups in total. The zero-order valence-electron chi connectivity index (χ0n) is 6.33. The molecular weight excluding hydrogens is 208 g/mol. The maximum atomic E-state index is 12.8. The van der Waals surface area contributed by atoms with E-state index in [0.717, 1.165) is 0 Å². The molecule has 0 radical (unpaired) electrons. The molecule has 1 aromatic rings. The van der Waals surface area contributed by atoms with E-state index in [1.165, 1.54) is 0 Å². The van der Waals surface area contributed by atoms with Crippen LogP contribution in [0.5, 0.6) is 0 Å². The van der Waals surface area contributed by atoms with Crippen LogP contribution in [0.3, 0.4) is 0 Å². The molecule has 0 bridgehead atoms. The van der Waals surface area contributed by atoms with E-state index in [1.54, 1.807) is 0 Å². The van der Waals surface area contributed by atoms with Crippen LogP contribution < -0.4 is 0 Å². The van der Waals surface area contributed by atoms with Gasteiger partial charge in [0.25, 0.3) is 6.43 Å². The minimum atomic E-state index is -2.92. The zero-order chi connectivity index (χ0) is 10.0. The lowest BCUT2D eigenvalue weighted by molar-refractivity contribution is 0.149. The van der Waals surface area contributed by atoms with Crippen LogP contribution in [0.4, 0.5) is 17.6 Å². The average Bonchev–Trinajstić information content (AvgIpc) is 2.02. The van der Waals surface area contributed by atoms with Crippen molar-refractivity contribution in [3.63, 3.8) is 0 Å². The summed E-state index contributed by atoms with van der Waals surface area (Å²) in [5.41, 5.74) is -1.04. The largest absolute Gasteiger partial charge is 0.264 e. The fourth-order valence-electron chi connectivity index (χ4n) is 0.959. The first-order valence-electron chi connectivity index (χ1n) is 3.38. The first-order valence-corrected chi connectivity index (χ1v) is 3.91. The van der Waals surface area contributed by atoms with Gasteiger partial charge < -0.3 is 0 Å². The highest BCUT2D eigenvalue weighted by Gasteiger charge is 2.17. The number of alkyl halides is 3. The zero-order valence-corrected chi connectivity index (χ0v) is 7.08. The standard InChI is InChI=1S/C8H5ClF4/c9-3-6-5(8(12)13)1-4(10)2-7(6)11/h1-2,8H,3H2. The molecule has 72 valence electrons. The lowest BCUT2D eigenvalue weighted by Gasteiger charge is -2.06. The first kappa shape index (κ1) is 10.3. The number of hydrogen-bond donors (Lipinski definition) is 0. The molecule has 0 aliphatic heterocycles. The number of rotatable bonds is 2. The van der Waals surface area contributed by atoms with E-state index in [1.807, 2.05) is 0 Å². The van der Waals surface area contributed by atoms with Gasteiger partial charge >= 0.3 is 0 Å². The van der Waals surface area contributed by atoms with Crippen molar-refractivity contribution in [2.75, 3.05) is 0 Å². The van der Waals surface area contributed by atoms with Gasteiger partial charge in [-0.3, -0.25) is 0 Å². The van der Waals surface area contributed by atoms with Crippen molar-refractivity contribution in [2.24, 2.45) is 0 Å². The highest BCUT2D eigenvalue weighted by atomic mass is 35.5. The van der Waals surface area contributed by atoms with Crippen LogP contribution in [0.2, 0.25) is 0 Å². The molecule has 13 heavy (non-hydrogen) atoms. The second kappa shape index (κ2) is 3.96. The van der Waals surface area contributed by atoms with Gasteiger partial charge in [0.15, 0.2) is 0 Å². The van der Waals surface area contributed by atoms with Crippen LogP contribution in [0.1, 0.15) is 17.6 Å². The molecule has 0 saturated carbocycles. The summed E-state index contributed by atoms with van der Waals surface area (Å²) in [4.78, 5) is 0. The Balaban J connectivity index is 3.29. The predicted octanol–water partition coefficient (Wildman–Crippen LogP) is 3.64. The first-order chi connectivity index (χ1) is 6.06. The molecule has 1 aromatic carbocycles. The van der Waals surface area contributed by atoms with Gasteiger partial charge in [-0.25, -0.2) is 17.6 Å². The SMILES string of the molecule is Fc1cc(F)c(CCl)c(C(F)F)c1. The van der Waals surface area contributed by atoms with Gasteiger partial charge in [0.2, 0.25) is 0 Å². The maximum Gasteiger partial charge on any atom is 0.264 e. The van der Waals surface area contributed by atoms with Crippen molar-refractivity contribution < 1.29 is 17.6 Å². The van der Waals surface area contributed by atoms with Crippen LogP contribution >= 0.6 is 11.6 Å². The van der Waals surface area contributed by atoms with Crippen LogP contribution in [-0.4, -0.2) is 0 Å². The molecule has 0 aliphatic carbocycles. The molecule has 0 spiro atoms. The molecule has 0 aromatic heterocycles. The highest BCUT2D eigenvalue weighted by Crippen LogP contribution is 2.27. The van der Waals surface area contributed by atoms with E-state index in [0.29, 0.717) is 12.1 Å². The summed E-state index contributed by atoms with van der Waals surface area (Å²) in [6.45, 7) is 0. The predicted molar refractivity (Wildman–Crippen MR) is 40.9 cm³/mol. The van der Waals surface area contributed by atoms with Crippen LogP contribution in [0.15, 0.2) is 12.1 Å². The van der Waals surface area contributed by atoms with Gasteiger partial charge in [-0.1, -0.05) is 0 Å². The van der Waals surface area contributed by atoms with E-state index in [9.17, 15) is 17.6 Å². The molecule has 0 aliphatic rings. The fraction of sp³-hybridized carbons (Fsp3) is 0.250. The van der Waals surface area contributed by atoms with E-state index in [2.05, 4.69) is 0 Å². The molecule has 0 fully saturated rings. The average molecular weight is 213 g/mol. The lowest BCUT2D eigenvalue weighted by Crippen LogP contribution is -1.98. The van der Waals surface area contributed by atoms with Gasteiger partial charge in [0.1, 0.15) is 11.6 Å². The van der Waals surface area contributed by atoms with Crippen molar-refractivity contribution in [2.45, 2.75) is 12.3 Å². The van der Waals surface area contributed by atoms with Crippen LogP contribution in [0, 0.1) is 11.6 Å². The molecule has 1 rings (SSSR count). The van der Waals surface area contributed by atoms with E-state index in [-0.39, 0.29) is 5.56 Å². The summed E-state index contributed by atoms with van der Waals surface area (Å²) in [5, 5.41) is 0. The monoisotopic (exact) mass is 212 g/mol. The molecule has 0 saturated heterocycles. The quantitative estimate of drug-likeness (QED) is 0.519. The Morgan fingerprint density at radius 2 is 1.85 bits per heavy atom. The van der Waals surface area contributed by atoms with Crippen molar-refractivity contribution >= 4 is 11.6 Å². The maximum absolute atomic E-state index is 12.8. The van der Waals surface area contributed by atoms with Crippen molar-refractivity contribution in [1.29, 1.82) is 0 Å². The van der Waals surface area contributed by atoms with Crippen molar-refractivity contribution in [1.82, 2.24) is 0 Å². The summed E-state index contributed by atoms with van der Waals surface area (Å²) in [7, 11) is 0. The molecule has 0 heterocycles. The van der Waals surface area contributed by atoms with Crippen LogP contribution in [0.25, 0.3) is 0 Å². The van der Waals surface area contributed by atoms with Gasteiger partial charge in [-0.2, -0.15) is 0 Å². The fourth-order valence-corrected chi connectivity index (χ4v) is 1.24. The Morgan fingerprint density at radius 3 is 2.31 bits per heavy atom. The molecule has 0 atom stereocenters. The Labute approximate surface area is 77.1 Å².